The lowest BCUT2D eigenvalue weighted by Crippen LogP contribution is -2.32. The van der Waals surface area contributed by atoms with Gasteiger partial charge in [0.05, 0.1) is 5.69 Å². The van der Waals surface area contributed by atoms with E-state index in [1.165, 1.54) is 12.5 Å². The third-order valence-corrected chi connectivity index (χ3v) is 2.91. The fourth-order valence-electron chi connectivity index (χ4n) is 1.86. The van der Waals surface area contributed by atoms with Crippen molar-refractivity contribution in [2.75, 3.05) is 26.2 Å². The quantitative estimate of drug-likeness (QED) is 0.649. The molecule has 0 bridgehead atoms. The molecule has 0 aromatic carbocycles. The first kappa shape index (κ1) is 15.5. The Balaban J connectivity index is 2.39. The second-order valence-electron chi connectivity index (χ2n) is 4.30. The molecule has 0 spiro atoms. The number of aromatic nitrogens is 2. The molecule has 0 saturated carbocycles. The van der Waals surface area contributed by atoms with Crippen LogP contribution in [0.3, 0.4) is 0 Å². The Hall–Kier alpha value is -1.53. The van der Waals surface area contributed by atoms with E-state index in [-0.39, 0.29) is 5.56 Å². The summed E-state index contributed by atoms with van der Waals surface area (Å²) in [7, 11) is 0. The van der Waals surface area contributed by atoms with E-state index < -0.39 is 5.97 Å². The number of rotatable bonds is 9. The Labute approximate surface area is 113 Å². The van der Waals surface area contributed by atoms with Gasteiger partial charge in [-0.2, -0.15) is 0 Å². The highest BCUT2D eigenvalue weighted by Crippen LogP contribution is 2.02. The fraction of sp³-hybridized carbons (Fsp3) is 0.615. The van der Waals surface area contributed by atoms with Crippen molar-refractivity contribution in [1.29, 1.82) is 0 Å². The van der Waals surface area contributed by atoms with E-state index in [2.05, 4.69) is 34.0 Å². The van der Waals surface area contributed by atoms with Gasteiger partial charge in [0.1, 0.15) is 11.9 Å². The lowest BCUT2D eigenvalue weighted by Gasteiger charge is -2.19. The van der Waals surface area contributed by atoms with Gasteiger partial charge in [-0.3, -0.25) is 0 Å². The van der Waals surface area contributed by atoms with Gasteiger partial charge in [-0.15, -0.1) is 0 Å². The van der Waals surface area contributed by atoms with Crippen LogP contribution in [-0.4, -0.2) is 52.1 Å². The van der Waals surface area contributed by atoms with Gasteiger partial charge in [0.15, 0.2) is 0 Å². The zero-order valence-corrected chi connectivity index (χ0v) is 11.6. The summed E-state index contributed by atoms with van der Waals surface area (Å²) in [4.78, 5) is 21.1. The Morgan fingerprint density at radius 3 is 2.84 bits per heavy atom. The minimum Gasteiger partial charge on any atom is -0.478 e. The first-order valence-corrected chi connectivity index (χ1v) is 6.64. The smallest absolute Gasteiger partial charge is 0.339 e. The summed E-state index contributed by atoms with van der Waals surface area (Å²) >= 11 is 0. The molecule has 0 amide bonds. The third kappa shape index (κ3) is 5.32. The van der Waals surface area contributed by atoms with Crippen LogP contribution in [0.15, 0.2) is 12.5 Å². The Bertz CT molecular complexity index is 398. The zero-order chi connectivity index (χ0) is 14.1. The van der Waals surface area contributed by atoms with Crippen LogP contribution >= 0.6 is 0 Å². The summed E-state index contributed by atoms with van der Waals surface area (Å²) in [6.07, 6.45) is 3.85. The number of hydrogen-bond acceptors (Lipinski definition) is 5. The number of nitrogens with zero attached hydrogens (tertiary/aromatic N) is 3. The molecular formula is C13H22N4O2. The lowest BCUT2D eigenvalue weighted by atomic mass is 10.2. The van der Waals surface area contributed by atoms with Gasteiger partial charge >= 0.3 is 5.97 Å². The van der Waals surface area contributed by atoms with Crippen molar-refractivity contribution < 1.29 is 9.90 Å². The topological polar surface area (TPSA) is 78.3 Å². The van der Waals surface area contributed by atoms with Crippen LogP contribution < -0.4 is 5.32 Å². The van der Waals surface area contributed by atoms with Gasteiger partial charge < -0.3 is 15.3 Å². The summed E-state index contributed by atoms with van der Waals surface area (Å²) in [5.41, 5.74) is 0.692. The van der Waals surface area contributed by atoms with Crippen LogP contribution in [0.5, 0.6) is 0 Å². The molecule has 6 heteroatoms. The Morgan fingerprint density at radius 1 is 1.42 bits per heavy atom. The van der Waals surface area contributed by atoms with Crippen molar-refractivity contribution in [3.8, 4) is 0 Å². The number of carboxylic acids is 1. The molecule has 1 aromatic heterocycles. The van der Waals surface area contributed by atoms with Gasteiger partial charge in [0, 0.05) is 25.8 Å². The van der Waals surface area contributed by atoms with E-state index in [9.17, 15) is 4.79 Å². The molecule has 19 heavy (non-hydrogen) atoms. The summed E-state index contributed by atoms with van der Waals surface area (Å²) in [5, 5.41) is 12.2. The fourth-order valence-corrected chi connectivity index (χ4v) is 1.86. The molecule has 106 valence electrons. The van der Waals surface area contributed by atoms with E-state index in [0.29, 0.717) is 12.2 Å². The maximum absolute atomic E-state index is 11.0. The van der Waals surface area contributed by atoms with Crippen molar-refractivity contribution in [2.24, 2.45) is 0 Å². The van der Waals surface area contributed by atoms with E-state index in [0.717, 1.165) is 32.6 Å². The number of likely N-dealkylation sites (N-methyl/N-ethyl adjacent to an activating group) is 1. The normalized spacial score (nSPS) is 10.9. The van der Waals surface area contributed by atoms with E-state index in [1.54, 1.807) is 0 Å². The Kier molecular flexibility index (Phi) is 6.99. The molecule has 1 rings (SSSR count). The van der Waals surface area contributed by atoms with Gasteiger partial charge in [0.25, 0.3) is 0 Å². The number of carboxylic acid groups (broad SMARTS) is 1. The van der Waals surface area contributed by atoms with Crippen molar-refractivity contribution in [1.82, 2.24) is 20.2 Å². The monoisotopic (exact) mass is 266 g/mol. The highest BCUT2D eigenvalue weighted by Gasteiger charge is 2.10. The van der Waals surface area contributed by atoms with Crippen LogP contribution in [0.25, 0.3) is 0 Å². The number of aromatic carboxylic acids is 1. The highest BCUT2D eigenvalue weighted by atomic mass is 16.4. The van der Waals surface area contributed by atoms with Crippen molar-refractivity contribution in [3.05, 3.63) is 23.8 Å². The SMILES string of the molecule is CCCN(CC)CCNCc1ncncc1C(=O)O. The van der Waals surface area contributed by atoms with Crippen LogP contribution in [0.2, 0.25) is 0 Å². The predicted octanol–water partition coefficient (Wildman–Crippen LogP) is 0.996. The first-order valence-electron chi connectivity index (χ1n) is 6.64. The molecule has 0 atom stereocenters. The summed E-state index contributed by atoms with van der Waals surface area (Å²) in [6.45, 7) is 8.65. The van der Waals surface area contributed by atoms with Gasteiger partial charge in [-0.05, 0) is 19.5 Å². The minimum absolute atomic E-state index is 0.163. The molecule has 1 aromatic rings. The first-order chi connectivity index (χ1) is 9.19. The molecule has 0 unspecified atom stereocenters. The minimum atomic E-state index is -0.987. The van der Waals surface area contributed by atoms with Crippen LogP contribution in [0, 0.1) is 0 Å². The largest absolute Gasteiger partial charge is 0.478 e. The third-order valence-electron chi connectivity index (χ3n) is 2.91. The van der Waals surface area contributed by atoms with Crippen molar-refractivity contribution >= 4 is 5.97 Å². The molecule has 1 heterocycles. The molecule has 0 aliphatic heterocycles. The zero-order valence-electron chi connectivity index (χ0n) is 11.6. The average Bonchev–Trinajstić information content (AvgIpc) is 2.42. The van der Waals surface area contributed by atoms with E-state index in [4.69, 9.17) is 5.11 Å². The Morgan fingerprint density at radius 2 is 2.21 bits per heavy atom. The van der Waals surface area contributed by atoms with Crippen LogP contribution in [0.4, 0.5) is 0 Å². The number of nitrogens with one attached hydrogen (secondary N) is 1. The summed E-state index contributed by atoms with van der Waals surface area (Å²) < 4.78 is 0. The molecule has 0 fully saturated rings. The molecular weight excluding hydrogens is 244 g/mol. The van der Waals surface area contributed by atoms with Crippen molar-refractivity contribution in [3.63, 3.8) is 0 Å². The molecule has 2 N–H and O–H groups in total. The molecule has 0 saturated heterocycles. The van der Waals surface area contributed by atoms with Crippen LogP contribution in [-0.2, 0) is 6.54 Å². The van der Waals surface area contributed by atoms with Crippen LogP contribution in [0.1, 0.15) is 36.3 Å². The highest BCUT2D eigenvalue weighted by molar-refractivity contribution is 5.88. The summed E-state index contributed by atoms with van der Waals surface area (Å²) in [5.74, 6) is -0.987. The van der Waals surface area contributed by atoms with E-state index >= 15 is 0 Å². The molecule has 0 radical (unpaired) electrons. The number of hydrogen-bond donors (Lipinski definition) is 2. The van der Waals surface area contributed by atoms with Gasteiger partial charge in [-0.1, -0.05) is 13.8 Å². The van der Waals surface area contributed by atoms with Crippen molar-refractivity contribution in [2.45, 2.75) is 26.8 Å². The maximum Gasteiger partial charge on any atom is 0.339 e. The van der Waals surface area contributed by atoms with Gasteiger partial charge in [0.2, 0.25) is 0 Å². The maximum atomic E-state index is 11.0. The predicted molar refractivity (Wildman–Crippen MR) is 73.1 cm³/mol. The molecule has 0 aliphatic rings. The second-order valence-corrected chi connectivity index (χ2v) is 4.30. The molecule has 6 nitrogen and oxygen atoms in total. The van der Waals surface area contributed by atoms with E-state index in [1.807, 2.05) is 0 Å². The standard InChI is InChI=1S/C13H22N4O2/c1-3-6-17(4-2)7-5-14-9-12-11(13(18)19)8-15-10-16-12/h8,10,14H,3-7,9H2,1-2H3,(H,18,19). The molecule has 0 aliphatic carbocycles. The van der Waals surface area contributed by atoms with Gasteiger partial charge in [-0.25, -0.2) is 14.8 Å². The second kappa shape index (κ2) is 8.55. The lowest BCUT2D eigenvalue weighted by molar-refractivity contribution is 0.0694. The summed E-state index contributed by atoms with van der Waals surface area (Å²) in [6, 6.07) is 0. The number of carbonyl (C=O) groups is 1. The average molecular weight is 266 g/mol.